The minimum Gasteiger partial charge on any atom is -0.336 e. The highest BCUT2D eigenvalue weighted by Gasteiger charge is 2.21. The third-order valence-electron chi connectivity index (χ3n) is 4.08. The van der Waals surface area contributed by atoms with Crippen LogP contribution in [0.15, 0.2) is 24.3 Å². The molecule has 1 aromatic carbocycles. The lowest BCUT2D eigenvalue weighted by atomic mass is 10.2. The van der Waals surface area contributed by atoms with Crippen LogP contribution in [0.25, 0.3) is 0 Å². The standard InChI is InChI=1S/C18H22N4O2S/c1-3-4-5-15-20-12(2)16(25-15)17(23)21-13-6-8-14(9-7-13)22-11-10-19-18(22)24/h6-9H,3-5,10-11H2,1-2H3,(H,19,24)(H,21,23). The number of benzene rings is 1. The number of aromatic nitrogens is 1. The molecule has 0 bridgehead atoms. The van der Waals surface area contributed by atoms with Crippen LogP contribution in [-0.2, 0) is 6.42 Å². The Morgan fingerprint density at radius 1 is 1.36 bits per heavy atom. The first-order valence-corrected chi connectivity index (χ1v) is 9.33. The Balaban J connectivity index is 1.66. The maximum absolute atomic E-state index is 12.5. The van der Waals surface area contributed by atoms with Gasteiger partial charge < -0.3 is 10.6 Å². The van der Waals surface area contributed by atoms with Crippen molar-refractivity contribution in [1.29, 1.82) is 0 Å². The summed E-state index contributed by atoms with van der Waals surface area (Å²) >= 11 is 1.47. The molecule has 0 aliphatic carbocycles. The topological polar surface area (TPSA) is 74.3 Å². The van der Waals surface area contributed by atoms with E-state index in [1.165, 1.54) is 11.3 Å². The minimum absolute atomic E-state index is 0.0864. The number of nitrogens with one attached hydrogen (secondary N) is 2. The van der Waals surface area contributed by atoms with Crippen LogP contribution in [0, 0.1) is 6.92 Å². The number of amides is 3. The second kappa shape index (κ2) is 7.65. The van der Waals surface area contributed by atoms with Gasteiger partial charge >= 0.3 is 6.03 Å². The molecule has 1 aliphatic heterocycles. The molecule has 3 amide bonds. The first-order valence-electron chi connectivity index (χ1n) is 8.51. The van der Waals surface area contributed by atoms with Gasteiger partial charge in [0.25, 0.3) is 5.91 Å². The smallest absolute Gasteiger partial charge is 0.321 e. The van der Waals surface area contributed by atoms with Gasteiger partial charge in [-0.1, -0.05) is 13.3 Å². The van der Waals surface area contributed by atoms with Gasteiger partial charge in [-0.2, -0.15) is 0 Å². The molecular formula is C18H22N4O2S. The highest BCUT2D eigenvalue weighted by atomic mass is 32.1. The Kier molecular flexibility index (Phi) is 5.33. The summed E-state index contributed by atoms with van der Waals surface area (Å²) in [5.74, 6) is -0.135. The average Bonchev–Trinajstić information content (AvgIpc) is 3.19. The zero-order valence-corrected chi connectivity index (χ0v) is 15.3. The summed E-state index contributed by atoms with van der Waals surface area (Å²) in [4.78, 5) is 31.0. The third kappa shape index (κ3) is 3.99. The SMILES string of the molecule is CCCCc1nc(C)c(C(=O)Nc2ccc(N3CCNC3=O)cc2)s1. The second-order valence-electron chi connectivity index (χ2n) is 6.01. The van der Waals surface area contributed by atoms with Gasteiger partial charge in [-0.05, 0) is 44.0 Å². The van der Waals surface area contributed by atoms with Crippen molar-refractivity contribution in [1.82, 2.24) is 10.3 Å². The Morgan fingerprint density at radius 2 is 2.12 bits per heavy atom. The fourth-order valence-electron chi connectivity index (χ4n) is 2.73. The van der Waals surface area contributed by atoms with Crippen molar-refractivity contribution in [3.05, 3.63) is 39.8 Å². The lowest BCUT2D eigenvalue weighted by Gasteiger charge is -2.14. The first kappa shape index (κ1) is 17.4. The fourth-order valence-corrected chi connectivity index (χ4v) is 3.73. The molecule has 1 aliphatic rings. The van der Waals surface area contributed by atoms with Crippen LogP contribution in [0.1, 0.15) is 40.1 Å². The van der Waals surface area contributed by atoms with E-state index in [-0.39, 0.29) is 11.9 Å². The van der Waals surface area contributed by atoms with E-state index in [2.05, 4.69) is 22.5 Å². The number of urea groups is 1. The molecule has 0 atom stereocenters. The number of thiazole rings is 1. The zero-order valence-electron chi connectivity index (χ0n) is 14.5. The molecule has 2 heterocycles. The Bertz CT molecular complexity index is 770. The van der Waals surface area contributed by atoms with Crippen molar-refractivity contribution in [2.45, 2.75) is 33.1 Å². The number of anilines is 2. The summed E-state index contributed by atoms with van der Waals surface area (Å²) in [5, 5.41) is 6.69. The van der Waals surface area contributed by atoms with Crippen LogP contribution in [0.2, 0.25) is 0 Å². The van der Waals surface area contributed by atoms with Crippen molar-refractivity contribution in [2.75, 3.05) is 23.3 Å². The molecule has 25 heavy (non-hydrogen) atoms. The molecule has 132 valence electrons. The van der Waals surface area contributed by atoms with E-state index in [1.54, 1.807) is 4.90 Å². The van der Waals surface area contributed by atoms with Crippen LogP contribution in [-0.4, -0.2) is 30.0 Å². The van der Waals surface area contributed by atoms with Crippen LogP contribution < -0.4 is 15.5 Å². The van der Waals surface area contributed by atoms with Gasteiger partial charge in [0.15, 0.2) is 0 Å². The molecule has 0 radical (unpaired) electrons. The number of hydrogen-bond donors (Lipinski definition) is 2. The third-order valence-corrected chi connectivity index (χ3v) is 5.30. The molecule has 3 rings (SSSR count). The largest absolute Gasteiger partial charge is 0.336 e. The molecule has 0 spiro atoms. The lowest BCUT2D eigenvalue weighted by molar-refractivity contribution is 0.103. The zero-order chi connectivity index (χ0) is 17.8. The molecule has 0 saturated carbocycles. The number of rotatable bonds is 6. The molecule has 2 N–H and O–H groups in total. The van der Waals surface area contributed by atoms with E-state index in [0.717, 1.165) is 35.7 Å². The van der Waals surface area contributed by atoms with E-state index in [0.29, 0.717) is 23.7 Å². The van der Waals surface area contributed by atoms with Gasteiger partial charge in [-0.3, -0.25) is 9.69 Å². The molecule has 0 unspecified atom stereocenters. The molecule has 1 aromatic heterocycles. The number of carbonyl (C=O) groups excluding carboxylic acids is 2. The molecule has 7 heteroatoms. The van der Waals surface area contributed by atoms with Crippen LogP contribution in [0.3, 0.4) is 0 Å². The van der Waals surface area contributed by atoms with Gasteiger partial charge in [-0.25, -0.2) is 9.78 Å². The summed E-state index contributed by atoms with van der Waals surface area (Å²) in [6.45, 7) is 5.33. The predicted molar refractivity (Wildman–Crippen MR) is 101 cm³/mol. The van der Waals surface area contributed by atoms with Crippen LogP contribution >= 0.6 is 11.3 Å². The Hall–Kier alpha value is -2.41. The molecular weight excluding hydrogens is 336 g/mol. The fraction of sp³-hybridized carbons (Fsp3) is 0.389. The monoisotopic (exact) mass is 358 g/mol. The number of carbonyl (C=O) groups is 2. The maximum atomic E-state index is 12.5. The number of hydrogen-bond acceptors (Lipinski definition) is 4. The summed E-state index contributed by atoms with van der Waals surface area (Å²) in [5.41, 5.74) is 2.30. The summed E-state index contributed by atoms with van der Waals surface area (Å²) < 4.78 is 0. The molecule has 6 nitrogen and oxygen atoms in total. The van der Waals surface area contributed by atoms with Gasteiger partial charge in [0.1, 0.15) is 4.88 Å². The Labute approximate surface area is 151 Å². The van der Waals surface area contributed by atoms with Crippen molar-refractivity contribution in [3.8, 4) is 0 Å². The number of nitrogens with zero attached hydrogens (tertiary/aromatic N) is 2. The van der Waals surface area contributed by atoms with Crippen LogP contribution in [0.4, 0.5) is 16.2 Å². The summed E-state index contributed by atoms with van der Waals surface area (Å²) in [6, 6.07) is 7.22. The molecule has 2 aromatic rings. The molecule has 1 saturated heterocycles. The van der Waals surface area contributed by atoms with Crippen molar-refractivity contribution >= 4 is 34.6 Å². The predicted octanol–water partition coefficient (Wildman–Crippen LogP) is 3.58. The Morgan fingerprint density at radius 3 is 2.76 bits per heavy atom. The maximum Gasteiger partial charge on any atom is 0.321 e. The minimum atomic E-state index is -0.135. The highest BCUT2D eigenvalue weighted by Crippen LogP contribution is 2.23. The quantitative estimate of drug-likeness (QED) is 0.829. The summed E-state index contributed by atoms with van der Waals surface area (Å²) in [7, 11) is 0. The number of aryl methyl sites for hydroxylation is 2. The second-order valence-corrected chi connectivity index (χ2v) is 7.09. The highest BCUT2D eigenvalue weighted by molar-refractivity contribution is 7.13. The van der Waals surface area contributed by atoms with E-state index < -0.39 is 0 Å². The van der Waals surface area contributed by atoms with E-state index >= 15 is 0 Å². The number of unbranched alkanes of at least 4 members (excludes halogenated alkanes) is 1. The summed E-state index contributed by atoms with van der Waals surface area (Å²) in [6.07, 6.45) is 3.11. The van der Waals surface area contributed by atoms with Gasteiger partial charge in [0.05, 0.1) is 10.7 Å². The van der Waals surface area contributed by atoms with E-state index in [9.17, 15) is 9.59 Å². The van der Waals surface area contributed by atoms with Crippen LogP contribution in [0.5, 0.6) is 0 Å². The van der Waals surface area contributed by atoms with Gasteiger partial charge in [0.2, 0.25) is 0 Å². The van der Waals surface area contributed by atoms with E-state index in [4.69, 9.17) is 0 Å². The van der Waals surface area contributed by atoms with E-state index in [1.807, 2.05) is 31.2 Å². The van der Waals surface area contributed by atoms with Gasteiger partial charge in [-0.15, -0.1) is 11.3 Å². The first-order chi connectivity index (χ1) is 12.1. The average molecular weight is 358 g/mol. The van der Waals surface area contributed by atoms with Crippen molar-refractivity contribution < 1.29 is 9.59 Å². The lowest BCUT2D eigenvalue weighted by Crippen LogP contribution is -2.27. The molecule has 1 fully saturated rings. The van der Waals surface area contributed by atoms with Gasteiger partial charge in [0, 0.05) is 24.5 Å². The van der Waals surface area contributed by atoms with Crippen molar-refractivity contribution in [3.63, 3.8) is 0 Å². The normalized spacial score (nSPS) is 13.8. The van der Waals surface area contributed by atoms with Crippen molar-refractivity contribution in [2.24, 2.45) is 0 Å².